The van der Waals surface area contributed by atoms with Gasteiger partial charge in [0.2, 0.25) is 0 Å². The molecule has 3 unspecified atom stereocenters. The summed E-state index contributed by atoms with van der Waals surface area (Å²) in [5.41, 5.74) is 1.06. The predicted molar refractivity (Wildman–Crippen MR) is 68.5 cm³/mol. The van der Waals surface area contributed by atoms with E-state index in [2.05, 4.69) is 47.4 Å². The van der Waals surface area contributed by atoms with Crippen molar-refractivity contribution in [3.63, 3.8) is 0 Å². The van der Waals surface area contributed by atoms with Gasteiger partial charge in [0.15, 0.2) is 0 Å². The van der Waals surface area contributed by atoms with Crippen molar-refractivity contribution >= 4 is 0 Å². The molecule has 94 valence electrons. The van der Waals surface area contributed by atoms with Crippen LogP contribution in [0.1, 0.15) is 26.0 Å². The second kappa shape index (κ2) is 5.56. The molecule has 0 saturated carbocycles. The molecular formula is C13H22N4. The lowest BCUT2D eigenvalue weighted by Crippen LogP contribution is -2.52. The van der Waals surface area contributed by atoms with E-state index in [1.165, 1.54) is 6.42 Å². The Morgan fingerprint density at radius 3 is 2.94 bits per heavy atom. The van der Waals surface area contributed by atoms with Gasteiger partial charge in [-0.1, -0.05) is 6.92 Å². The summed E-state index contributed by atoms with van der Waals surface area (Å²) >= 11 is 0. The maximum atomic E-state index is 4.16. The molecule has 1 N–H and O–H groups in total. The Bertz CT molecular complexity index is 341. The molecule has 4 heteroatoms. The molecule has 0 amide bonds. The van der Waals surface area contributed by atoms with E-state index >= 15 is 0 Å². The van der Waals surface area contributed by atoms with Crippen molar-refractivity contribution in [1.82, 2.24) is 20.4 Å². The van der Waals surface area contributed by atoms with Crippen LogP contribution in [-0.4, -0.2) is 40.8 Å². The van der Waals surface area contributed by atoms with Crippen LogP contribution in [-0.2, 0) is 6.54 Å². The van der Waals surface area contributed by atoms with E-state index in [0.29, 0.717) is 18.0 Å². The largest absolute Gasteiger partial charge is 0.317 e. The zero-order valence-electron chi connectivity index (χ0n) is 10.9. The molecule has 1 saturated heterocycles. The van der Waals surface area contributed by atoms with Crippen LogP contribution in [0.3, 0.4) is 0 Å². The third kappa shape index (κ3) is 2.82. The Labute approximate surface area is 103 Å². The van der Waals surface area contributed by atoms with Gasteiger partial charge in [0.25, 0.3) is 0 Å². The number of piperidine rings is 1. The highest BCUT2D eigenvalue weighted by molar-refractivity contribution is 5.00. The normalized spacial score (nSPS) is 30.4. The van der Waals surface area contributed by atoms with Gasteiger partial charge < -0.3 is 5.32 Å². The molecule has 0 bridgehead atoms. The summed E-state index contributed by atoms with van der Waals surface area (Å²) in [5, 5.41) is 11.5. The minimum atomic E-state index is 0.586. The molecule has 2 heterocycles. The van der Waals surface area contributed by atoms with Crippen molar-refractivity contribution in [2.24, 2.45) is 5.92 Å². The second-order valence-corrected chi connectivity index (χ2v) is 4.97. The van der Waals surface area contributed by atoms with Gasteiger partial charge in [-0.2, -0.15) is 10.2 Å². The minimum absolute atomic E-state index is 0.586. The lowest BCUT2D eigenvalue weighted by Gasteiger charge is -2.42. The molecule has 0 radical (unpaired) electrons. The molecule has 2 rings (SSSR count). The summed E-state index contributed by atoms with van der Waals surface area (Å²) in [5.74, 6) is 0.672. The van der Waals surface area contributed by atoms with E-state index in [0.717, 1.165) is 18.8 Å². The number of rotatable bonds is 3. The summed E-state index contributed by atoms with van der Waals surface area (Å²) < 4.78 is 0. The SMILES string of the molecule is CNC1CCN(Cc2cccnn2)C(C)C1C. The van der Waals surface area contributed by atoms with Gasteiger partial charge >= 0.3 is 0 Å². The number of hydrogen-bond acceptors (Lipinski definition) is 4. The molecule has 4 nitrogen and oxygen atoms in total. The van der Waals surface area contributed by atoms with Gasteiger partial charge in [-0.25, -0.2) is 0 Å². The smallest absolute Gasteiger partial charge is 0.0771 e. The van der Waals surface area contributed by atoms with Crippen molar-refractivity contribution in [3.05, 3.63) is 24.0 Å². The van der Waals surface area contributed by atoms with Crippen LogP contribution in [0, 0.1) is 5.92 Å². The number of nitrogens with one attached hydrogen (secondary N) is 1. The molecule has 1 aromatic rings. The zero-order chi connectivity index (χ0) is 12.3. The number of aromatic nitrogens is 2. The molecule has 0 spiro atoms. The van der Waals surface area contributed by atoms with E-state index in [1.54, 1.807) is 6.20 Å². The van der Waals surface area contributed by atoms with Crippen LogP contribution in [0.2, 0.25) is 0 Å². The average molecular weight is 234 g/mol. The van der Waals surface area contributed by atoms with Gasteiger partial charge in [0.1, 0.15) is 0 Å². The highest BCUT2D eigenvalue weighted by Gasteiger charge is 2.31. The fraction of sp³-hybridized carbons (Fsp3) is 0.692. The highest BCUT2D eigenvalue weighted by atomic mass is 15.2. The second-order valence-electron chi connectivity index (χ2n) is 4.97. The molecule has 1 aliphatic rings. The fourth-order valence-electron chi connectivity index (χ4n) is 2.70. The van der Waals surface area contributed by atoms with E-state index in [-0.39, 0.29) is 0 Å². The van der Waals surface area contributed by atoms with Crippen LogP contribution in [0.4, 0.5) is 0 Å². The standard InChI is InChI=1S/C13H22N4/c1-10-11(2)17(8-6-13(10)14-3)9-12-5-4-7-15-16-12/h4-5,7,10-11,13-14H,6,8-9H2,1-3H3. The van der Waals surface area contributed by atoms with E-state index in [1.807, 2.05) is 6.07 Å². The van der Waals surface area contributed by atoms with Gasteiger partial charge in [-0.15, -0.1) is 0 Å². The van der Waals surface area contributed by atoms with Crippen LogP contribution < -0.4 is 5.32 Å². The van der Waals surface area contributed by atoms with E-state index in [4.69, 9.17) is 0 Å². The van der Waals surface area contributed by atoms with E-state index < -0.39 is 0 Å². The Morgan fingerprint density at radius 2 is 2.29 bits per heavy atom. The third-order valence-corrected chi connectivity index (χ3v) is 4.06. The monoisotopic (exact) mass is 234 g/mol. The summed E-state index contributed by atoms with van der Waals surface area (Å²) in [6, 6.07) is 5.23. The van der Waals surface area contributed by atoms with Crippen molar-refractivity contribution in [1.29, 1.82) is 0 Å². The van der Waals surface area contributed by atoms with Crippen molar-refractivity contribution in [2.45, 2.75) is 38.9 Å². The zero-order valence-corrected chi connectivity index (χ0v) is 10.9. The average Bonchev–Trinajstić information content (AvgIpc) is 2.37. The summed E-state index contributed by atoms with van der Waals surface area (Å²) in [7, 11) is 2.06. The van der Waals surface area contributed by atoms with Crippen LogP contribution in [0.15, 0.2) is 18.3 Å². The summed E-state index contributed by atoms with van der Waals surface area (Å²) in [6.45, 7) is 6.68. The number of likely N-dealkylation sites (tertiary alicyclic amines) is 1. The van der Waals surface area contributed by atoms with E-state index in [9.17, 15) is 0 Å². The first-order valence-corrected chi connectivity index (χ1v) is 6.40. The molecule has 17 heavy (non-hydrogen) atoms. The molecule has 0 aliphatic carbocycles. The Morgan fingerprint density at radius 1 is 1.47 bits per heavy atom. The quantitative estimate of drug-likeness (QED) is 0.856. The van der Waals surface area contributed by atoms with Crippen LogP contribution in [0.5, 0.6) is 0 Å². The molecule has 1 aromatic heterocycles. The molecule has 3 atom stereocenters. The molecule has 0 aromatic carbocycles. The first-order valence-electron chi connectivity index (χ1n) is 6.40. The van der Waals surface area contributed by atoms with Crippen molar-refractivity contribution < 1.29 is 0 Å². The van der Waals surface area contributed by atoms with Crippen molar-refractivity contribution in [3.8, 4) is 0 Å². The first-order chi connectivity index (χ1) is 8.22. The molecule has 1 fully saturated rings. The number of nitrogens with zero attached hydrogens (tertiary/aromatic N) is 3. The topological polar surface area (TPSA) is 41.0 Å². The lowest BCUT2D eigenvalue weighted by atomic mass is 9.87. The molecule has 1 aliphatic heterocycles. The minimum Gasteiger partial charge on any atom is -0.317 e. The lowest BCUT2D eigenvalue weighted by molar-refractivity contribution is 0.0797. The Kier molecular flexibility index (Phi) is 4.07. The van der Waals surface area contributed by atoms with Gasteiger partial charge in [0.05, 0.1) is 5.69 Å². The van der Waals surface area contributed by atoms with Crippen molar-refractivity contribution in [2.75, 3.05) is 13.6 Å². The maximum Gasteiger partial charge on any atom is 0.0771 e. The van der Waals surface area contributed by atoms with Gasteiger partial charge in [-0.3, -0.25) is 4.90 Å². The number of hydrogen-bond donors (Lipinski definition) is 1. The molecular weight excluding hydrogens is 212 g/mol. The van der Waals surface area contributed by atoms with Gasteiger partial charge in [-0.05, 0) is 38.4 Å². The predicted octanol–water partition coefficient (Wildman–Crippen LogP) is 1.29. The Hall–Kier alpha value is -1.00. The maximum absolute atomic E-state index is 4.16. The highest BCUT2D eigenvalue weighted by Crippen LogP contribution is 2.24. The third-order valence-electron chi connectivity index (χ3n) is 4.06. The summed E-state index contributed by atoms with van der Waals surface area (Å²) in [6.07, 6.45) is 2.94. The van der Waals surface area contributed by atoms with Crippen LogP contribution in [0.25, 0.3) is 0 Å². The first kappa shape index (κ1) is 12.5. The Balaban J connectivity index is 1.99. The fourth-order valence-corrected chi connectivity index (χ4v) is 2.70. The summed E-state index contributed by atoms with van der Waals surface area (Å²) in [4.78, 5) is 2.50. The van der Waals surface area contributed by atoms with Gasteiger partial charge in [0, 0.05) is 31.4 Å². The van der Waals surface area contributed by atoms with Crippen LogP contribution >= 0.6 is 0 Å².